The first-order valence-corrected chi connectivity index (χ1v) is 5.91. The number of ether oxygens (including phenoxy) is 1. The number of nitrogens with zero attached hydrogens (tertiary/aromatic N) is 3. The predicted octanol–water partition coefficient (Wildman–Crippen LogP) is 1.48. The Labute approximate surface area is 106 Å². The Morgan fingerprint density at radius 1 is 1.53 bits per heavy atom. The van der Waals surface area contributed by atoms with Crippen molar-refractivity contribution in [1.82, 2.24) is 9.97 Å². The molecule has 0 aliphatic heterocycles. The highest BCUT2D eigenvalue weighted by molar-refractivity contribution is 6.29. The van der Waals surface area contributed by atoms with Crippen molar-refractivity contribution in [2.75, 3.05) is 25.2 Å². The highest BCUT2D eigenvalue weighted by Gasteiger charge is 2.12. The van der Waals surface area contributed by atoms with Gasteiger partial charge in [0.25, 0.3) is 0 Å². The molecule has 0 amide bonds. The van der Waals surface area contributed by atoms with Gasteiger partial charge in [0.05, 0.1) is 12.6 Å². The van der Waals surface area contributed by atoms with Crippen molar-refractivity contribution in [2.45, 2.75) is 26.5 Å². The molecule has 0 fully saturated rings. The molecule has 0 spiro atoms. The number of anilines is 1. The number of halogens is 1. The van der Waals surface area contributed by atoms with Gasteiger partial charge in [0.1, 0.15) is 17.6 Å². The quantitative estimate of drug-likeness (QED) is 0.785. The molecular formula is C11H18ClN3O2. The van der Waals surface area contributed by atoms with Gasteiger partial charge in [-0.15, -0.1) is 0 Å². The van der Waals surface area contributed by atoms with Crippen LogP contribution in [0.2, 0.25) is 5.15 Å². The fourth-order valence-electron chi connectivity index (χ4n) is 1.24. The smallest absolute Gasteiger partial charge is 0.158 e. The summed E-state index contributed by atoms with van der Waals surface area (Å²) in [5.74, 6) is 1.23. The molecule has 0 aliphatic carbocycles. The minimum atomic E-state index is -0.0269. The first-order chi connectivity index (χ1) is 8.08. The molecule has 0 radical (unpaired) electrons. The van der Waals surface area contributed by atoms with Crippen LogP contribution < -0.4 is 4.90 Å². The van der Waals surface area contributed by atoms with E-state index in [9.17, 15) is 0 Å². The highest BCUT2D eigenvalue weighted by atomic mass is 35.5. The second-order valence-electron chi connectivity index (χ2n) is 3.74. The van der Waals surface area contributed by atoms with E-state index in [2.05, 4.69) is 9.97 Å². The van der Waals surface area contributed by atoms with Crippen LogP contribution in [0.3, 0.4) is 0 Å². The maximum atomic E-state index is 9.10. The van der Waals surface area contributed by atoms with Gasteiger partial charge in [-0.05, 0) is 13.8 Å². The van der Waals surface area contributed by atoms with Crippen molar-refractivity contribution in [1.29, 1.82) is 0 Å². The lowest BCUT2D eigenvalue weighted by atomic mass is 10.3. The Kier molecular flexibility index (Phi) is 5.61. The Balaban J connectivity index is 2.88. The fraction of sp³-hybridized carbons (Fsp3) is 0.636. The molecule has 1 unspecified atom stereocenters. The molecule has 0 saturated heterocycles. The molecule has 1 heterocycles. The van der Waals surface area contributed by atoms with Gasteiger partial charge in [-0.2, -0.15) is 0 Å². The minimum absolute atomic E-state index is 0.0269. The predicted molar refractivity (Wildman–Crippen MR) is 67.3 cm³/mol. The van der Waals surface area contributed by atoms with Crippen LogP contribution in [-0.4, -0.2) is 41.4 Å². The Bertz CT molecular complexity index is 363. The fourth-order valence-corrected chi connectivity index (χ4v) is 1.43. The standard InChI is InChI=1S/C11H18ClN3O2/c1-4-17-7-10-13-9(12)5-11(14-10)15(3)8(2)6-16/h5,8,16H,4,6-7H2,1-3H3. The van der Waals surface area contributed by atoms with E-state index in [1.54, 1.807) is 6.07 Å². The van der Waals surface area contributed by atoms with Crippen LogP contribution >= 0.6 is 11.6 Å². The topological polar surface area (TPSA) is 58.5 Å². The second-order valence-corrected chi connectivity index (χ2v) is 4.13. The summed E-state index contributed by atoms with van der Waals surface area (Å²) in [6, 6.07) is 1.64. The van der Waals surface area contributed by atoms with Gasteiger partial charge in [-0.25, -0.2) is 9.97 Å². The summed E-state index contributed by atoms with van der Waals surface area (Å²) < 4.78 is 5.24. The summed E-state index contributed by atoms with van der Waals surface area (Å²) in [4.78, 5) is 10.3. The van der Waals surface area contributed by atoms with Crippen molar-refractivity contribution in [3.63, 3.8) is 0 Å². The first-order valence-electron chi connectivity index (χ1n) is 5.53. The van der Waals surface area contributed by atoms with Crippen molar-refractivity contribution in [3.05, 3.63) is 17.0 Å². The van der Waals surface area contributed by atoms with Crippen LogP contribution in [0.15, 0.2) is 6.07 Å². The van der Waals surface area contributed by atoms with Gasteiger partial charge >= 0.3 is 0 Å². The van der Waals surface area contributed by atoms with Crippen LogP contribution in [-0.2, 0) is 11.3 Å². The van der Waals surface area contributed by atoms with E-state index in [0.717, 1.165) is 0 Å². The van der Waals surface area contributed by atoms with E-state index < -0.39 is 0 Å². The zero-order chi connectivity index (χ0) is 12.8. The van der Waals surface area contributed by atoms with Gasteiger partial charge in [0, 0.05) is 19.7 Å². The average molecular weight is 260 g/mol. The Morgan fingerprint density at radius 2 is 2.24 bits per heavy atom. The van der Waals surface area contributed by atoms with Gasteiger partial charge in [0.15, 0.2) is 5.82 Å². The van der Waals surface area contributed by atoms with Crippen molar-refractivity contribution in [3.8, 4) is 0 Å². The summed E-state index contributed by atoms with van der Waals surface area (Å²) in [6.45, 7) is 4.81. The van der Waals surface area contributed by atoms with Crippen LogP contribution in [0, 0.1) is 0 Å². The molecule has 1 aromatic rings. The highest BCUT2D eigenvalue weighted by Crippen LogP contribution is 2.17. The molecule has 0 aliphatic rings. The summed E-state index contributed by atoms with van der Waals surface area (Å²) in [5.41, 5.74) is 0. The Morgan fingerprint density at radius 3 is 2.82 bits per heavy atom. The number of aromatic nitrogens is 2. The number of aliphatic hydroxyl groups excluding tert-OH is 1. The van der Waals surface area contributed by atoms with Gasteiger partial charge < -0.3 is 14.7 Å². The van der Waals surface area contributed by atoms with Gasteiger partial charge in [0.2, 0.25) is 0 Å². The third-order valence-corrected chi connectivity index (χ3v) is 2.64. The zero-order valence-electron chi connectivity index (χ0n) is 10.4. The van der Waals surface area contributed by atoms with E-state index in [4.69, 9.17) is 21.4 Å². The van der Waals surface area contributed by atoms with E-state index >= 15 is 0 Å². The third kappa shape index (κ3) is 4.11. The maximum absolute atomic E-state index is 9.10. The summed E-state index contributed by atoms with van der Waals surface area (Å²) in [5, 5.41) is 9.48. The maximum Gasteiger partial charge on any atom is 0.158 e. The van der Waals surface area contributed by atoms with E-state index in [1.165, 1.54) is 0 Å². The van der Waals surface area contributed by atoms with E-state index in [0.29, 0.717) is 30.0 Å². The first kappa shape index (κ1) is 14.2. The molecule has 1 rings (SSSR count). The lowest BCUT2D eigenvalue weighted by molar-refractivity contribution is 0.128. The third-order valence-electron chi connectivity index (χ3n) is 2.45. The normalized spacial score (nSPS) is 12.5. The molecule has 0 saturated carbocycles. The number of likely N-dealkylation sites (N-methyl/N-ethyl adjacent to an activating group) is 1. The number of hydrogen-bond acceptors (Lipinski definition) is 5. The largest absolute Gasteiger partial charge is 0.394 e. The molecule has 1 N–H and O–H groups in total. The lowest BCUT2D eigenvalue weighted by Crippen LogP contribution is -2.32. The van der Waals surface area contributed by atoms with Crippen LogP contribution in [0.4, 0.5) is 5.82 Å². The molecule has 17 heavy (non-hydrogen) atoms. The SMILES string of the molecule is CCOCc1nc(Cl)cc(N(C)C(C)CO)n1. The van der Waals surface area contributed by atoms with Crippen LogP contribution in [0.1, 0.15) is 19.7 Å². The van der Waals surface area contributed by atoms with Gasteiger partial charge in [-0.3, -0.25) is 0 Å². The average Bonchev–Trinajstić information content (AvgIpc) is 2.33. The van der Waals surface area contributed by atoms with Crippen molar-refractivity contribution >= 4 is 17.4 Å². The molecule has 5 nitrogen and oxygen atoms in total. The molecule has 96 valence electrons. The van der Waals surface area contributed by atoms with Crippen LogP contribution in [0.5, 0.6) is 0 Å². The molecule has 0 bridgehead atoms. The van der Waals surface area contributed by atoms with E-state index in [-0.39, 0.29) is 12.6 Å². The number of hydrogen-bond donors (Lipinski definition) is 1. The molecule has 0 aromatic carbocycles. The van der Waals surface area contributed by atoms with Crippen molar-refractivity contribution < 1.29 is 9.84 Å². The lowest BCUT2D eigenvalue weighted by Gasteiger charge is -2.24. The Hall–Kier alpha value is -0.910. The summed E-state index contributed by atoms with van der Waals surface area (Å²) >= 11 is 5.93. The van der Waals surface area contributed by atoms with Gasteiger partial charge in [-0.1, -0.05) is 11.6 Å². The molecular weight excluding hydrogens is 242 g/mol. The molecule has 1 atom stereocenters. The zero-order valence-corrected chi connectivity index (χ0v) is 11.1. The molecule has 6 heteroatoms. The van der Waals surface area contributed by atoms with Crippen molar-refractivity contribution in [2.24, 2.45) is 0 Å². The second kappa shape index (κ2) is 6.74. The van der Waals surface area contributed by atoms with E-state index in [1.807, 2.05) is 25.8 Å². The summed E-state index contributed by atoms with van der Waals surface area (Å²) in [7, 11) is 1.85. The minimum Gasteiger partial charge on any atom is -0.394 e. The summed E-state index contributed by atoms with van der Waals surface area (Å²) in [6.07, 6.45) is 0. The van der Waals surface area contributed by atoms with Crippen LogP contribution in [0.25, 0.3) is 0 Å². The number of rotatable bonds is 6. The monoisotopic (exact) mass is 259 g/mol. The molecule has 1 aromatic heterocycles. The number of aliphatic hydroxyl groups is 1.